The van der Waals surface area contributed by atoms with Crippen LogP contribution in [-0.2, 0) is 9.53 Å². The molecule has 0 saturated heterocycles. The Balaban J connectivity index is 2.56. The van der Waals surface area contributed by atoms with Crippen molar-refractivity contribution in [2.75, 3.05) is 6.61 Å². The molecule has 2 heterocycles. The Morgan fingerprint density at radius 1 is 1.57 bits per heavy atom. The number of cyclic esters (lactones) is 1. The number of rotatable bonds is 1. The first-order valence-corrected chi connectivity index (χ1v) is 4.56. The van der Waals surface area contributed by atoms with Crippen molar-refractivity contribution in [3.8, 4) is 0 Å². The zero-order valence-corrected chi connectivity index (χ0v) is 8.34. The van der Waals surface area contributed by atoms with Gasteiger partial charge in [0.25, 0.3) is 0 Å². The summed E-state index contributed by atoms with van der Waals surface area (Å²) in [5.41, 5.74) is 2.12. The predicted octanol–water partition coefficient (Wildman–Crippen LogP) is 1.98. The first-order valence-electron chi connectivity index (χ1n) is 4.19. The molecule has 0 N–H and O–H groups in total. The molecule has 0 bridgehead atoms. The number of pyridine rings is 1. The zero-order valence-electron chi connectivity index (χ0n) is 7.58. The average Bonchev–Trinajstić information content (AvgIpc) is 2.52. The van der Waals surface area contributed by atoms with E-state index in [1.54, 1.807) is 12.3 Å². The van der Waals surface area contributed by atoms with Crippen LogP contribution in [0.25, 0.3) is 5.57 Å². The van der Waals surface area contributed by atoms with E-state index in [2.05, 4.69) is 4.98 Å². The van der Waals surface area contributed by atoms with Gasteiger partial charge in [-0.05, 0) is 24.6 Å². The quantitative estimate of drug-likeness (QED) is 0.525. The van der Waals surface area contributed by atoms with Gasteiger partial charge in [-0.25, -0.2) is 9.78 Å². The number of hydrogen-bond donors (Lipinski definition) is 0. The fourth-order valence-corrected chi connectivity index (χ4v) is 1.72. The third kappa shape index (κ3) is 1.40. The molecule has 4 heteroatoms. The molecule has 1 aliphatic heterocycles. The fourth-order valence-electron chi connectivity index (χ4n) is 1.41. The lowest BCUT2D eigenvalue weighted by molar-refractivity contribution is -0.133. The van der Waals surface area contributed by atoms with Gasteiger partial charge in [0, 0.05) is 11.8 Å². The van der Waals surface area contributed by atoms with Gasteiger partial charge < -0.3 is 4.74 Å². The highest BCUT2D eigenvalue weighted by molar-refractivity contribution is 6.33. The van der Waals surface area contributed by atoms with E-state index in [4.69, 9.17) is 16.3 Å². The van der Waals surface area contributed by atoms with E-state index in [0.717, 1.165) is 5.56 Å². The van der Waals surface area contributed by atoms with Crippen LogP contribution < -0.4 is 0 Å². The molecular weight excluding hydrogens is 202 g/mol. The molecular formula is C10H8ClNO2. The fraction of sp³-hybridized carbons (Fsp3) is 0.200. The molecule has 3 nitrogen and oxygen atoms in total. The average molecular weight is 210 g/mol. The van der Waals surface area contributed by atoms with Crippen molar-refractivity contribution in [1.29, 1.82) is 0 Å². The van der Waals surface area contributed by atoms with Crippen LogP contribution in [0, 0.1) is 6.92 Å². The number of hydrogen-bond acceptors (Lipinski definition) is 3. The molecule has 0 fully saturated rings. The van der Waals surface area contributed by atoms with Crippen LogP contribution in [0.2, 0.25) is 5.15 Å². The summed E-state index contributed by atoms with van der Waals surface area (Å²) in [5.74, 6) is -0.331. The lowest BCUT2D eigenvalue weighted by Gasteiger charge is -2.05. The highest BCUT2D eigenvalue weighted by atomic mass is 35.5. The minimum atomic E-state index is -0.331. The molecule has 0 radical (unpaired) electrons. The van der Waals surface area contributed by atoms with Crippen LogP contribution in [0.1, 0.15) is 11.1 Å². The van der Waals surface area contributed by atoms with Gasteiger partial charge in [0.15, 0.2) is 0 Å². The van der Waals surface area contributed by atoms with Gasteiger partial charge in [-0.15, -0.1) is 0 Å². The first kappa shape index (κ1) is 9.21. The lowest BCUT2D eigenvalue weighted by Crippen LogP contribution is -2.01. The number of aromatic nitrogens is 1. The van der Waals surface area contributed by atoms with E-state index >= 15 is 0 Å². The SMILES string of the molecule is Cc1ccnc(Cl)c1C1=CCOC1=O. The summed E-state index contributed by atoms with van der Waals surface area (Å²) in [5, 5.41) is 0.343. The Morgan fingerprint density at radius 2 is 2.36 bits per heavy atom. The Morgan fingerprint density at radius 3 is 2.93 bits per heavy atom. The first-order chi connectivity index (χ1) is 6.70. The van der Waals surface area contributed by atoms with Crippen molar-refractivity contribution < 1.29 is 9.53 Å². The molecule has 72 valence electrons. The van der Waals surface area contributed by atoms with Crippen molar-refractivity contribution in [2.24, 2.45) is 0 Å². The van der Waals surface area contributed by atoms with E-state index in [1.807, 2.05) is 13.0 Å². The Bertz CT molecular complexity index is 406. The summed E-state index contributed by atoms with van der Waals surface area (Å²) < 4.78 is 4.81. The minimum absolute atomic E-state index is 0.318. The zero-order chi connectivity index (χ0) is 10.1. The predicted molar refractivity (Wildman–Crippen MR) is 52.9 cm³/mol. The minimum Gasteiger partial charge on any atom is -0.458 e. The van der Waals surface area contributed by atoms with Gasteiger partial charge >= 0.3 is 5.97 Å². The standard InChI is InChI=1S/C10H8ClNO2/c1-6-2-4-12-9(11)8(6)7-3-5-14-10(7)13/h2-4H,5H2,1H3. The number of nitrogens with zero attached hydrogens (tertiary/aromatic N) is 1. The monoisotopic (exact) mass is 209 g/mol. The molecule has 0 aromatic carbocycles. The van der Waals surface area contributed by atoms with Crippen molar-refractivity contribution in [3.05, 3.63) is 34.6 Å². The summed E-state index contributed by atoms with van der Waals surface area (Å²) in [6, 6.07) is 1.81. The number of aryl methyl sites for hydroxylation is 1. The highest BCUT2D eigenvalue weighted by Crippen LogP contribution is 2.28. The van der Waals surface area contributed by atoms with Crippen LogP contribution in [0.15, 0.2) is 18.3 Å². The second-order valence-corrected chi connectivity index (χ2v) is 3.37. The van der Waals surface area contributed by atoms with Crippen LogP contribution in [0.4, 0.5) is 0 Å². The molecule has 2 rings (SSSR count). The van der Waals surface area contributed by atoms with E-state index < -0.39 is 0 Å². The van der Waals surface area contributed by atoms with E-state index in [1.165, 1.54) is 0 Å². The van der Waals surface area contributed by atoms with Crippen molar-refractivity contribution in [2.45, 2.75) is 6.92 Å². The molecule has 0 aliphatic carbocycles. The molecule has 0 amide bonds. The molecule has 0 unspecified atom stereocenters. The van der Waals surface area contributed by atoms with Crippen LogP contribution in [0.5, 0.6) is 0 Å². The molecule has 14 heavy (non-hydrogen) atoms. The summed E-state index contributed by atoms with van der Waals surface area (Å²) in [7, 11) is 0. The smallest absolute Gasteiger partial charge is 0.338 e. The van der Waals surface area contributed by atoms with Crippen LogP contribution in [0.3, 0.4) is 0 Å². The van der Waals surface area contributed by atoms with E-state index in [-0.39, 0.29) is 5.97 Å². The van der Waals surface area contributed by atoms with Gasteiger partial charge in [0.05, 0.1) is 5.57 Å². The molecule has 1 aliphatic rings. The second kappa shape index (κ2) is 3.42. The third-order valence-electron chi connectivity index (χ3n) is 2.10. The lowest BCUT2D eigenvalue weighted by atomic mass is 10.0. The third-order valence-corrected chi connectivity index (χ3v) is 2.39. The van der Waals surface area contributed by atoms with Crippen LogP contribution in [-0.4, -0.2) is 17.6 Å². The van der Waals surface area contributed by atoms with Gasteiger partial charge in [-0.2, -0.15) is 0 Å². The Kier molecular flexibility index (Phi) is 2.25. The molecule has 1 aromatic rings. The maximum Gasteiger partial charge on any atom is 0.338 e. The number of carbonyl (C=O) groups is 1. The molecule has 0 atom stereocenters. The molecule has 0 spiro atoms. The summed E-state index contributed by atoms with van der Waals surface area (Å²) in [4.78, 5) is 15.2. The van der Waals surface area contributed by atoms with Gasteiger partial charge in [0.1, 0.15) is 11.8 Å². The normalized spacial score (nSPS) is 15.3. The van der Waals surface area contributed by atoms with Crippen molar-refractivity contribution >= 4 is 23.1 Å². The largest absolute Gasteiger partial charge is 0.458 e. The highest BCUT2D eigenvalue weighted by Gasteiger charge is 2.22. The number of esters is 1. The maximum atomic E-state index is 11.3. The van der Waals surface area contributed by atoms with Crippen LogP contribution >= 0.6 is 11.6 Å². The number of halogens is 1. The van der Waals surface area contributed by atoms with Crippen molar-refractivity contribution in [1.82, 2.24) is 4.98 Å². The van der Waals surface area contributed by atoms with Gasteiger partial charge in [-0.1, -0.05) is 11.6 Å². The second-order valence-electron chi connectivity index (χ2n) is 3.01. The summed E-state index contributed by atoms with van der Waals surface area (Å²) >= 11 is 5.92. The Labute approximate surface area is 86.4 Å². The Hall–Kier alpha value is -1.35. The van der Waals surface area contributed by atoms with E-state index in [0.29, 0.717) is 22.9 Å². The van der Waals surface area contributed by atoms with Gasteiger partial charge in [-0.3, -0.25) is 0 Å². The molecule has 0 saturated carbocycles. The van der Waals surface area contributed by atoms with Crippen molar-refractivity contribution in [3.63, 3.8) is 0 Å². The number of carbonyl (C=O) groups excluding carboxylic acids is 1. The topological polar surface area (TPSA) is 39.2 Å². The summed E-state index contributed by atoms with van der Waals surface area (Å²) in [6.45, 7) is 2.20. The van der Waals surface area contributed by atoms with Gasteiger partial charge in [0.2, 0.25) is 0 Å². The maximum absolute atomic E-state index is 11.3. The molecule has 1 aromatic heterocycles. The summed E-state index contributed by atoms with van der Waals surface area (Å²) in [6.07, 6.45) is 3.33. The number of ether oxygens (including phenoxy) is 1. The van der Waals surface area contributed by atoms with E-state index in [9.17, 15) is 4.79 Å².